The molecule has 0 spiro atoms. The number of nitrogens with one attached hydrogen (secondary N) is 1. The lowest BCUT2D eigenvalue weighted by atomic mass is 9.96. The Morgan fingerprint density at radius 2 is 2.00 bits per heavy atom. The van der Waals surface area contributed by atoms with Crippen LogP contribution in [0.5, 0.6) is 0 Å². The smallest absolute Gasteiger partial charge is 0.265 e. The molecule has 0 aromatic heterocycles. The number of benzene rings is 1. The Labute approximate surface area is 98.3 Å². The van der Waals surface area contributed by atoms with E-state index in [0.717, 1.165) is 0 Å². The molecule has 2 atom stereocenters. The molecule has 1 amide bonds. The molecular formula is C11H13N3O3. The molecule has 0 aliphatic carbocycles. The molecular weight excluding hydrogens is 222 g/mol. The molecule has 1 aromatic rings. The largest absolute Gasteiger partial charge is 0.320 e. The van der Waals surface area contributed by atoms with E-state index in [0.29, 0.717) is 5.69 Å². The van der Waals surface area contributed by atoms with Gasteiger partial charge in [-0.3, -0.25) is 14.9 Å². The number of para-hydroxylation sites is 1. The molecule has 1 aromatic carbocycles. The van der Waals surface area contributed by atoms with Gasteiger partial charge in [0, 0.05) is 11.8 Å². The summed E-state index contributed by atoms with van der Waals surface area (Å²) >= 11 is 0. The predicted octanol–water partition coefficient (Wildman–Crippen LogP) is 0.962. The van der Waals surface area contributed by atoms with Gasteiger partial charge in [0.25, 0.3) is 0 Å². The molecule has 6 heteroatoms. The maximum absolute atomic E-state index is 12.1. The van der Waals surface area contributed by atoms with Crippen LogP contribution in [0.3, 0.4) is 0 Å². The summed E-state index contributed by atoms with van der Waals surface area (Å²) in [4.78, 5) is 22.6. The summed E-state index contributed by atoms with van der Waals surface area (Å²) in [5.74, 6) is -0.541. The highest BCUT2D eigenvalue weighted by molar-refractivity contribution is 6.01. The van der Waals surface area contributed by atoms with E-state index < -0.39 is 22.4 Å². The van der Waals surface area contributed by atoms with Crippen LogP contribution in [0.4, 0.5) is 5.69 Å². The topological polar surface area (TPSA) is 75.5 Å². The molecule has 0 bridgehead atoms. The number of rotatable bonds is 2. The van der Waals surface area contributed by atoms with Gasteiger partial charge in [-0.05, 0) is 19.1 Å². The van der Waals surface area contributed by atoms with Crippen molar-refractivity contribution in [1.82, 2.24) is 5.43 Å². The first-order chi connectivity index (χ1) is 7.98. The van der Waals surface area contributed by atoms with Gasteiger partial charge in [0.05, 0.1) is 5.69 Å². The van der Waals surface area contributed by atoms with Gasteiger partial charge < -0.3 is 0 Å². The number of anilines is 1. The number of carbonyl (C=O) groups excluding carboxylic acids is 1. The van der Waals surface area contributed by atoms with Crippen molar-refractivity contribution in [3.05, 3.63) is 40.4 Å². The van der Waals surface area contributed by atoms with E-state index in [9.17, 15) is 14.9 Å². The van der Waals surface area contributed by atoms with Crippen molar-refractivity contribution >= 4 is 11.6 Å². The number of hydrogen-bond acceptors (Lipinski definition) is 4. The van der Waals surface area contributed by atoms with E-state index in [-0.39, 0.29) is 0 Å². The van der Waals surface area contributed by atoms with Gasteiger partial charge in [0.1, 0.15) is 6.04 Å². The highest BCUT2D eigenvalue weighted by Crippen LogP contribution is 2.27. The Bertz CT molecular complexity index is 462. The van der Waals surface area contributed by atoms with Crippen molar-refractivity contribution in [2.24, 2.45) is 0 Å². The van der Waals surface area contributed by atoms with Crippen LogP contribution in [0.1, 0.15) is 13.8 Å². The second-order valence-corrected chi connectivity index (χ2v) is 4.23. The normalized spacial score (nSPS) is 28.5. The SMILES string of the molecule is CC1NN(c2ccccc2)C(=O)C1(C)[N+](=O)[O-]. The fraction of sp³-hybridized carbons (Fsp3) is 0.364. The molecule has 6 nitrogen and oxygen atoms in total. The molecule has 2 rings (SSSR count). The minimum absolute atomic E-state index is 0.532. The maximum Gasteiger partial charge on any atom is 0.320 e. The minimum Gasteiger partial charge on any atom is -0.265 e. The summed E-state index contributed by atoms with van der Waals surface area (Å²) in [6, 6.07) is 8.27. The summed E-state index contributed by atoms with van der Waals surface area (Å²) < 4.78 is 0. The van der Waals surface area contributed by atoms with E-state index in [1.54, 1.807) is 31.2 Å². The van der Waals surface area contributed by atoms with E-state index in [1.165, 1.54) is 11.9 Å². The van der Waals surface area contributed by atoms with Gasteiger partial charge in [-0.2, -0.15) is 0 Å². The van der Waals surface area contributed by atoms with Gasteiger partial charge in [0.2, 0.25) is 0 Å². The number of nitrogens with zero attached hydrogens (tertiary/aromatic N) is 2. The van der Waals surface area contributed by atoms with E-state index in [2.05, 4.69) is 5.43 Å². The van der Waals surface area contributed by atoms with E-state index in [4.69, 9.17) is 0 Å². The Kier molecular flexibility index (Phi) is 2.59. The van der Waals surface area contributed by atoms with Gasteiger partial charge in [-0.1, -0.05) is 18.2 Å². The molecule has 90 valence electrons. The highest BCUT2D eigenvalue weighted by atomic mass is 16.6. The third kappa shape index (κ3) is 1.57. The number of hydrazine groups is 1. The van der Waals surface area contributed by atoms with Gasteiger partial charge >= 0.3 is 11.4 Å². The summed E-state index contributed by atoms with van der Waals surface area (Å²) in [7, 11) is 0. The van der Waals surface area contributed by atoms with E-state index in [1.807, 2.05) is 6.07 Å². The number of amides is 1. The van der Waals surface area contributed by atoms with Crippen molar-refractivity contribution in [3.63, 3.8) is 0 Å². The quantitative estimate of drug-likeness (QED) is 0.612. The number of nitro groups is 1. The average Bonchev–Trinajstić information content (AvgIpc) is 2.56. The van der Waals surface area contributed by atoms with Crippen LogP contribution in [-0.2, 0) is 4.79 Å². The fourth-order valence-electron chi connectivity index (χ4n) is 1.79. The van der Waals surface area contributed by atoms with Crippen LogP contribution in [0.15, 0.2) is 30.3 Å². The molecule has 2 unspecified atom stereocenters. The Morgan fingerprint density at radius 1 is 1.41 bits per heavy atom. The minimum atomic E-state index is -1.62. The van der Waals surface area contributed by atoms with Gasteiger partial charge in [-0.15, -0.1) is 0 Å². The predicted molar refractivity (Wildman–Crippen MR) is 61.9 cm³/mol. The Hall–Kier alpha value is -1.95. The zero-order valence-electron chi connectivity index (χ0n) is 9.58. The van der Waals surface area contributed by atoms with Crippen molar-refractivity contribution in [2.75, 3.05) is 5.01 Å². The molecule has 1 saturated heterocycles. The lowest BCUT2D eigenvalue weighted by Crippen LogP contribution is -2.49. The lowest BCUT2D eigenvalue weighted by molar-refractivity contribution is -0.548. The van der Waals surface area contributed by atoms with Crippen molar-refractivity contribution in [1.29, 1.82) is 0 Å². The van der Waals surface area contributed by atoms with Crippen LogP contribution in [0.25, 0.3) is 0 Å². The van der Waals surface area contributed by atoms with Crippen LogP contribution in [-0.4, -0.2) is 22.4 Å². The van der Waals surface area contributed by atoms with Crippen LogP contribution >= 0.6 is 0 Å². The average molecular weight is 235 g/mol. The van der Waals surface area contributed by atoms with E-state index >= 15 is 0 Å². The Morgan fingerprint density at radius 3 is 2.47 bits per heavy atom. The number of hydrogen-bond donors (Lipinski definition) is 1. The summed E-state index contributed by atoms with van der Waals surface area (Å²) in [6.07, 6.45) is 0. The zero-order valence-corrected chi connectivity index (χ0v) is 9.58. The number of carbonyl (C=O) groups is 1. The molecule has 1 aliphatic rings. The molecule has 0 radical (unpaired) electrons. The Balaban J connectivity index is 2.38. The standard InChI is InChI=1S/C11H13N3O3/c1-8-11(2,14(16)17)10(15)13(12-8)9-6-4-3-5-7-9/h3-8,12H,1-2H3. The summed E-state index contributed by atoms with van der Waals surface area (Å²) in [5.41, 5.74) is 1.83. The second kappa shape index (κ2) is 3.81. The highest BCUT2D eigenvalue weighted by Gasteiger charge is 2.59. The monoisotopic (exact) mass is 235 g/mol. The molecule has 1 fully saturated rings. The molecule has 1 aliphatic heterocycles. The molecule has 1 heterocycles. The third-order valence-corrected chi connectivity index (χ3v) is 3.20. The first-order valence-electron chi connectivity index (χ1n) is 5.28. The fourth-order valence-corrected chi connectivity index (χ4v) is 1.79. The van der Waals surface area contributed by atoms with Crippen molar-refractivity contribution in [2.45, 2.75) is 25.4 Å². The summed E-state index contributed by atoms with van der Waals surface area (Å²) in [5, 5.41) is 12.3. The molecule has 17 heavy (non-hydrogen) atoms. The van der Waals surface area contributed by atoms with Crippen LogP contribution in [0, 0.1) is 10.1 Å². The second-order valence-electron chi connectivity index (χ2n) is 4.23. The molecule has 0 saturated carbocycles. The lowest BCUT2D eigenvalue weighted by Gasteiger charge is -2.16. The first kappa shape index (κ1) is 11.5. The third-order valence-electron chi connectivity index (χ3n) is 3.20. The maximum atomic E-state index is 12.1. The zero-order chi connectivity index (χ0) is 12.6. The first-order valence-corrected chi connectivity index (χ1v) is 5.28. The van der Waals surface area contributed by atoms with Crippen molar-refractivity contribution < 1.29 is 9.72 Å². The summed E-state index contributed by atoms with van der Waals surface area (Å²) in [6.45, 7) is 2.97. The van der Waals surface area contributed by atoms with Crippen LogP contribution in [0.2, 0.25) is 0 Å². The van der Waals surface area contributed by atoms with Gasteiger partial charge in [0.15, 0.2) is 0 Å². The van der Waals surface area contributed by atoms with Crippen LogP contribution < -0.4 is 10.4 Å². The van der Waals surface area contributed by atoms with Crippen molar-refractivity contribution in [3.8, 4) is 0 Å². The van der Waals surface area contributed by atoms with Gasteiger partial charge in [-0.25, -0.2) is 10.4 Å². The molecule has 1 N–H and O–H groups in total.